The van der Waals surface area contributed by atoms with Crippen LogP contribution < -0.4 is 0 Å². The average Bonchev–Trinajstić information content (AvgIpc) is 2.60. The topological polar surface area (TPSA) is 26.3 Å². The van der Waals surface area contributed by atoms with Crippen molar-refractivity contribution in [2.75, 3.05) is 13.2 Å². The summed E-state index contributed by atoms with van der Waals surface area (Å²) in [5, 5.41) is 2.58. The normalized spacial score (nSPS) is 18.0. The first-order chi connectivity index (χ1) is 7.20. The van der Waals surface area contributed by atoms with Gasteiger partial charge in [0.25, 0.3) is 0 Å². The molecule has 0 unspecified atom stereocenters. The number of hydrogen-bond acceptors (Lipinski definition) is 3. The van der Waals surface area contributed by atoms with Crippen molar-refractivity contribution in [3.8, 4) is 0 Å². The highest BCUT2D eigenvalue weighted by Gasteiger charge is 2.25. The highest BCUT2D eigenvalue weighted by Crippen LogP contribution is 2.31. The van der Waals surface area contributed by atoms with Gasteiger partial charge >= 0.3 is 0 Å². The standard InChI is InChI=1S/C11H13ClO2S/c1-7-6-15-11(9(7)12)10(13)8-2-4-14-5-3-8/h6,8H,2-5H2,1H3. The maximum atomic E-state index is 12.1. The molecule has 0 N–H and O–H groups in total. The molecule has 1 saturated heterocycles. The number of ether oxygens (including phenoxy) is 1. The summed E-state index contributed by atoms with van der Waals surface area (Å²) < 4.78 is 5.24. The maximum absolute atomic E-state index is 12.1. The van der Waals surface area contributed by atoms with E-state index in [1.54, 1.807) is 0 Å². The first-order valence-corrected chi connectivity index (χ1v) is 6.31. The minimum Gasteiger partial charge on any atom is -0.381 e. The Hall–Kier alpha value is -0.380. The summed E-state index contributed by atoms with van der Waals surface area (Å²) >= 11 is 7.54. The fourth-order valence-corrected chi connectivity index (χ4v) is 3.05. The van der Waals surface area contributed by atoms with Crippen LogP contribution in [0.5, 0.6) is 0 Å². The van der Waals surface area contributed by atoms with Crippen molar-refractivity contribution in [3.05, 3.63) is 20.8 Å². The Balaban J connectivity index is 2.16. The minimum atomic E-state index is 0.106. The molecule has 0 aliphatic carbocycles. The van der Waals surface area contributed by atoms with E-state index in [0.717, 1.165) is 23.3 Å². The van der Waals surface area contributed by atoms with Crippen LogP contribution in [0.4, 0.5) is 0 Å². The molecule has 0 spiro atoms. The molecule has 1 aromatic heterocycles. The second kappa shape index (κ2) is 4.64. The van der Waals surface area contributed by atoms with E-state index in [-0.39, 0.29) is 11.7 Å². The minimum absolute atomic E-state index is 0.106. The van der Waals surface area contributed by atoms with Gasteiger partial charge in [-0.25, -0.2) is 0 Å². The Bertz CT molecular complexity index is 367. The second-order valence-electron chi connectivity index (χ2n) is 3.81. The number of aryl methyl sites for hydroxylation is 1. The zero-order valence-corrected chi connectivity index (χ0v) is 10.2. The van der Waals surface area contributed by atoms with Gasteiger partial charge in [-0.2, -0.15) is 0 Å². The van der Waals surface area contributed by atoms with Gasteiger partial charge in [0, 0.05) is 19.1 Å². The first kappa shape index (κ1) is 11.1. The SMILES string of the molecule is Cc1csc(C(=O)C2CCOCC2)c1Cl. The van der Waals surface area contributed by atoms with Gasteiger partial charge < -0.3 is 4.74 Å². The van der Waals surface area contributed by atoms with Crippen molar-refractivity contribution < 1.29 is 9.53 Å². The third-order valence-corrected chi connectivity index (χ3v) is 4.43. The molecule has 2 nitrogen and oxygen atoms in total. The Morgan fingerprint density at radius 2 is 2.20 bits per heavy atom. The molecule has 0 radical (unpaired) electrons. The van der Waals surface area contributed by atoms with Crippen LogP contribution in [-0.4, -0.2) is 19.0 Å². The number of halogens is 1. The molecule has 0 amide bonds. The zero-order chi connectivity index (χ0) is 10.8. The summed E-state index contributed by atoms with van der Waals surface area (Å²) in [7, 11) is 0. The van der Waals surface area contributed by atoms with Gasteiger partial charge in [0.2, 0.25) is 0 Å². The highest BCUT2D eigenvalue weighted by molar-refractivity contribution is 7.13. The molecule has 1 fully saturated rings. The van der Waals surface area contributed by atoms with E-state index in [4.69, 9.17) is 16.3 Å². The Morgan fingerprint density at radius 3 is 2.73 bits per heavy atom. The van der Waals surface area contributed by atoms with Gasteiger partial charge in [-0.05, 0) is 30.7 Å². The molecular formula is C11H13ClO2S. The van der Waals surface area contributed by atoms with Crippen LogP contribution in [0.15, 0.2) is 5.38 Å². The predicted octanol–water partition coefficient (Wildman–Crippen LogP) is 3.32. The number of Topliss-reactive ketones (excluding diaryl/α,β-unsaturated/α-hetero) is 1. The van der Waals surface area contributed by atoms with Crippen LogP contribution >= 0.6 is 22.9 Å². The van der Waals surface area contributed by atoms with Crippen molar-refractivity contribution in [3.63, 3.8) is 0 Å². The van der Waals surface area contributed by atoms with Gasteiger partial charge in [0.05, 0.1) is 9.90 Å². The largest absolute Gasteiger partial charge is 0.381 e. The maximum Gasteiger partial charge on any atom is 0.177 e. The molecule has 2 heterocycles. The lowest BCUT2D eigenvalue weighted by Crippen LogP contribution is -2.23. The van der Waals surface area contributed by atoms with Crippen LogP contribution in [0.3, 0.4) is 0 Å². The van der Waals surface area contributed by atoms with Crippen molar-refractivity contribution in [1.29, 1.82) is 0 Å². The van der Waals surface area contributed by atoms with Gasteiger partial charge in [-0.1, -0.05) is 11.6 Å². The van der Waals surface area contributed by atoms with Gasteiger partial charge in [0.15, 0.2) is 5.78 Å². The average molecular weight is 245 g/mol. The number of carbonyl (C=O) groups excluding carboxylic acids is 1. The van der Waals surface area contributed by atoms with E-state index in [2.05, 4.69) is 0 Å². The third kappa shape index (κ3) is 2.25. The lowest BCUT2D eigenvalue weighted by Gasteiger charge is -2.20. The first-order valence-electron chi connectivity index (χ1n) is 5.05. The lowest BCUT2D eigenvalue weighted by molar-refractivity contribution is 0.0547. The van der Waals surface area contributed by atoms with Crippen LogP contribution in [0.2, 0.25) is 5.02 Å². The molecule has 2 rings (SSSR count). The summed E-state index contributed by atoms with van der Waals surface area (Å²) in [5.41, 5.74) is 0.997. The Morgan fingerprint density at radius 1 is 1.53 bits per heavy atom. The summed E-state index contributed by atoms with van der Waals surface area (Å²) in [6.45, 7) is 3.32. The van der Waals surface area contributed by atoms with Crippen LogP contribution in [0.25, 0.3) is 0 Å². The molecule has 0 bridgehead atoms. The zero-order valence-electron chi connectivity index (χ0n) is 8.59. The summed E-state index contributed by atoms with van der Waals surface area (Å²) in [4.78, 5) is 12.8. The van der Waals surface area contributed by atoms with Gasteiger partial charge in [0.1, 0.15) is 0 Å². The lowest BCUT2D eigenvalue weighted by atomic mass is 9.94. The second-order valence-corrected chi connectivity index (χ2v) is 5.07. The molecule has 0 aromatic carbocycles. The van der Waals surface area contributed by atoms with E-state index >= 15 is 0 Å². The molecule has 0 atom stereocenters. The van der Waals surface area contributed by atoms with Crippen molar-refractivity contribution in [2.24, 2.45) is 5.92 Å². The predicted molar refractivity (Wildman–Crippen MR) is 61.9 cm³/mol. The number of carbonyl (C=O) groups is 1. The van der Waals surface area contributed by atoms with Gasteiger partial charge in [-0.3, -0.25) is 4.79 Å². The summed E-state index contributed by atoms with van der Waals surface area (Å²) in [6, 6.07) is 0. The summed E-state index contributed by atoms with van der Waals surface area (Å²) in [6.07, 6.45) is 1.65. The van der Waals surface area contributed by atoms with E-state index in [1.807, 2.05) is 12.3 Å². The number of thiophene rings is 1. The Kier molecular flexibility index (Phi) is 3.44. The molecule has 4 heteroatoms. The van der Waals surface area contributed by atoms with Crippen molar-refractivity contribution >= 4 is 28.7 Å². The van der Waals surface area contributed by atoms with E-state index < -0.39 is 0 Å². The molecule has 1 aromatic rings. The quantitative estimate of drug-likeness (QED) is 0.746. The highest BCUT2D eigenvalue weighted by atomic mass is 35.5. The van der Waals surface area contributed by atoms with E-state index in [0.29, 0.717) is 18.2 Å². The molecule has 15 heavy (non-hydrogen) atoms. The van der Waals surface area contributed by atoms with Crippen LogP contribution in [0.1, 0.15) is 28.1 Å². The molecule has 1 aliphatic rings. The molecule has 1 aliphatic heterocycles. The van der Waals surface area contributed by atoms with Crippen molar-refractivity contribution in [2.45, 2.75) is 19.8 Å². The van der Waals surface area contributed by atoms with Crippen molar-refractivity contribution in [1.82, 2.24) is 0 Å². The van der Waals surface area contributed by atoms with Crippen LogP contribution in [-0.2, 0) is 4.74 Å². The molecular weight excluding hydrogens is 232 g/mol. The number of hydrogen-bond donors (Lipinski definition) is 0. The van der Waals surface area contributed by atoms with E-state index in [1.165, 1.54) is 11.3 Å². The smallest absolute Gasteiger partial charge is 0.177 e. The molecule has 82 valence electrons. The number of rotatable bonds is 2. The number of ketones is 1. The fraction of sp³-hybridized carbons (Fsp3) is 0.545. The molecule has 0 saturated carbocycles. The van der Waals surface area contributed by atoms with E-state index in [9.17, 15) is 4.79 Å². The summed E-state index contributed by atoms with van der Waals surface area (Å²) in [5.74, 6) is 0.302. The monoisotopic (exact) mass is 244 g/mol. The fourth-order valence-electron chi connectivity index (χ4n) is 1.74. The van der Waals surface area contributed by atoms with Crippen LogP contribution in [0, 0.1) is 12.8 Å². The van der Waals surface area contributed by atoms with Gasteiger partial charge in [-0.15, -0.1) is 11.3 Å². The third-order valence-electron chi connectivity index (χ3n) is 2.72. The Labute approximate surface area is 98.2 Å².